The summed E-state index contributed by atoms with van der Waals surface area (Å²) in [4.78, 5) is 19.6. The number of primary amides is 1. The number of carbonyl (C=O) groups excluding carboxylic acids is 1. The van der Waals surface area contributed by atoms with E-state index in [2.05, 4.69) is 20.6 Å². The largest absolute Gasteiger partial charge is 0.454 e. The van der Waals surface area contributed by atoms with Crippen LogP contribution in [0.3, 0.4) is 0 Å². The molecule has 3 aromatic rings. The van der Waals surface area contributed by atoms with Crippen molar-refractivity contribution in [2.45, 2.75) is 13.1 Å². The highest BCUT2D eigenvalue weighted by atomic mass is 127. The number of hydrogen-bond donors (Lipinski definition) is 3. The molecule has 0 radical (unpaired) electrons. The molecule has 0 bridgehead atoms. The van der Waals surface area contributed by atoms with Crippen LogP contribution in [-0.4, -0.2) is 23.9 Å². The average Bonchev–Trinajstić information content (AvgIpc) is 3.32. The Hall–Kier alpha value is -2.82. The van der Waals surface area contributed by atoms with Crippen LogP contribution < -0.4 is 16.4 Å². The van der Waals surface area contributed by atoms with Gasteiger partial charge in [0.2, 0.25) is 5.89 Å². The van der Waals surface area contributed by atoms with E-state index in [4.69, 9.17) is 14.6 Å². The molecule has 0 unspecified atom stereocenters. The lowest BCUT2D eigenvalue weighted by molar-refractivity contribution is 0.0972. The number of benzene rings is 1. The van der Waals surface area contributed by atoms with Gasteiger partial charge >= 0.3 is 0 Å². The normalized spacial score (nSPS) is 10.9. The van der Waals surface area contributed by atoms with Gasteiger partial charge in [0.25, 0.3) is 5.91 Å². The van der Waals surface area contributed by atoms with Crippen molar-refractivity contribution < 1.29 is 13.6 Å². The number of hydrogen-bond acceptors (Lipinski definition) is 5. The summed E-state index contributed by atoms with van der Waals surface area (Å²) in [6.07, 6.45) is 1.61. The molecule has 2 heterocycles. The lowest BCUT2D eigenvalue weighted by Gasteiger charge is -2.09. The third-order valence-corrected chi connectivity index (χ3v) is 3.57. The van der Waals surface area contributed by atoms with Crippen molar-refractivity contribution in [3.63, 3.8) is 0 Å². The molecule has 27 heavy (non-hydrogen) atoms. The number of carbonyl (C=O) groups is 1. The zero-order valence-electron chi connectivity index (χ0n) is 14.6. The van der Waals surface area contributed by atoms with Crippen LogP contribution in [0, 0.1) is 0 Å². The Labute approximate surface area is 173 Å². The second kappa shape index (κ2) is 9.76. The minimum atomic E-state index is -0.598. The lowest BCUT2D eigenvalue weighted by Crippen LogP contribution is -2.36. The number of nitrogens with two attached hydrogens (primary N) is 1. The molecule has 0 atom stereocenters. The van der Waals surface area contributed by atoms with Gasteiger partial charge in [0.15, 0.2) is 11.7 Å². The summed E-state index contributed by atoms with van der Waals surface area (Å²) in [5.41, 5.74) is 6.83. The molecule has 2 aromatic heterocycles. The number of halogens is 1. The summed E-state index contributed by atoms with van der Waals surface area (Å²) in [5, 5.41) is 6.21. The van der Waals surface area contributed by atoms with Crippen molar-refractivity contribution in [3.8, 4) is 11.5 Å². The highest BCUT2D eigenvalue weighted by molar-refractivity contribution is 14.0. The van der Waals surface area contributed by atoms with Crippen molar-refractivity contribution in [2.75, 3.05) is 7.05 Å². The summed E-state index contributed by atoms with van der Waals surface area (Å²) in [7, 11) is 1.66. The molecule has 0 aliphatic rings. The van der Waals surface area contributed by atoms with Gasteiger partial charge in [-0.3, -0.25) is 9.79 Å². The Morgan fingerprint density at radius 2 is 1.89 bits per heavy atom. The minimum absolute atomic E-state index is 0. The molecular weight excluding hydrogens is 461 g/mol. The van der Waals surface area contributed by atoms with E-state index in [0.717, 1.165) is 11.3 Å². The number of aromatic nitrogens is 1. The fourth-order valence-corrected chi connectivity index (χ4v) is 2.27. The predicted molar refractivity (Wildman–Crippen MR) is 112 cm³/mol. The van der Waals surface area contributed by atoms with Crippen LogP contribution in [0.5, 0.6) is 0 Å². The first-order valence-corrected chi connectivity index (χ1v) is 7.98. The maximum Gasteiger partial charge on any atom is 0.284 e. The van der Waals surface area contributed by atoms with Gasteiger partial charge in [-0.1, -0.05) is 18.2 Å². The monoisotopic (exact) mass is 481 g/mol. The van der Waals surface area contributed by atoms with Gasteiger partial charge in [-0.2, -0.15) is 0 Å². The number of furan rings is 1. The molecule has 4 N–H and O–H groups in total. The molecule has 3 rings (SSSR count). The summed E-state index contributed by atoms with van der Waals surface area (Å²) in [5.74, 6) is 1.24. The van der Waals surface area contributed by atoms with Gasteiger partial charge in [0.1, 0.15) is 12.0 Å². The molecule has 0 saturated carbocycles. The molecule has 9 heteroatoms. The van der Waals surface area contributed by atoms with Crippen LogP contribution in [0.25, 0.3) is 11.5 Å². The minimum Gasteiger partial charge on any atom is -0.454 e. The Morgan fingerprint density at radius 1 is 1.15 bits per heavy atom. The fraction of sp³-hybridized carbons (Fsp3) is 0.167. The molecule has 0 saturated heterocycles. The summed E-state index contributed by atoms with van der Waals surface area (Å²) in [6.45, 7) is 0.807. The molecule has 1 aromatic carbocycles. The van der Waals surface area contributed by atoms with E-state index >= 15 is 0 Å². The number of oxazole rings is 1. The average molecular weight is 481 g/mol. The smallest absolute Gasteiger partial charge is 0.284 e. The van der Waals surface area contributed by atoms with Crippen molar-refractivity contribution in [1.82, 2.24) is 15.6 Å². The highest BCUT2D eigenvalue weighted by Gasteiger charge is 2.09. The zero-order chi connectivity index (χ0) is 18.4. The van der Waals surface area contributed by atoms with Gasteiger partial charge in [0, 0.05) is 12.6 Å². The van der Waals surface area contributed by atoms with E-state index in [1.165, 1.54) is 6.07 Å². The molecule has 0 aliphatic carbocycles. The van der Waals surface area contributed by atoms with Gasteiger partial charge in [-0.25, -0.2) is 4.98 Å². The van der Waals surface area contributed by atoms with Crippen LogP contribution in [0.15, 0.2) is 62.6 Å². The standard InChI is InChI=1S/C18H19N5O3.HI/c1-20-18(22-10-14-7-8-15(26-14)16(19)24)21-9-13-11-25-17(23-13)12-5-3-2-4-6-12;/h2-8,11H,9-10H2,1H3,(H2,19,24)(H2,20,21,22);1H. The molecule has 1 amide bonds. The zero-order valence-corrected chi connectivity index (χ0v) is 17.0. The van der Waals surface area contributed by atoms with Crippen LogP contribution >= 0.6 is 24.0 Å². The lowest BCUT2D eigenvalue weighted by atomic mass is 10.2. The van der Waals surface area contributed by atoms with Crippen LogP contribution in [0.1, 0.15) is 22.0 Å². The van der Waals surface area contributed by atoms with Crippen LogP contribution in [0.2, 0.25) is 0 Å². The number of amides is 1. The third-order valence-electron chi connectivity index (χ3n) is 3.57. The summed E-state index contributed by atoms with van der Waals surface area (Å²) >= 11 is 0. The van der Waals surface area contributed by atoms with Crippen molar-refractivity contribution in [1.29, 1.82) is 0 Å². The summed E-state index contributed by atoms with van der Waals surface area (Å²) in [6, 6.07) is 12.9. The number of guanidine groups is 1. The number of nitrogens with zero attached hydrogens (tertiary/aromatic N) is 2. The summed E-state index contributed by atoms with van der Waals surface area (Å²) < 4.78 is 10.8. The first-order chi connectivity index (χ1) is 12.7. The van der Waals surface area contributed by atoms with E-state index in [1.807, 2.05) is 30.3 Å². The Balaban J connectivity index is 0.00000261. The second-order valence-corrected chi connectivity index (χ2v) is 5.42. The first kappa shape index (κ1) is 20.5. The Kier molecular flexibility index (Phi) is 7.41. The van der Waals surface area contributed by atoms with Crippen LogP contribution in [-0.2, 0) is 13.1 Å². The van der Waals surface area contributed by atoms with Gasteiger partial charge in [-0.15, -0.1) is 24.0 Å². The van der Waals surface area contributed by atoms with Crippen molar-refractivity contribution in [3.05, 3.63) is 65.9 Å². The van der Waals surface area contributed by atoms with Crippen molar-refractivity contribution >= 4 is 35.8 Å². The van der Waals surface area contributed by atoms with Gasteiger partial charge in [0.05, 0.1) is 18.8 Å². The number of rotatable bonds is 6. The number of aliphatic imine (C=N–C) groups is 1. The SMILES string of the molecule is CN=C(NCc1coc(-c2ccccc2)n1)NCc1ccc(C(N)=O)o1.I. The fourth-order valence-electron chi connectivity index (χ4n) is 2.27. The quantitative estimate of drug-likeness (QED) is 0.283. The van der Waals surface area contributed by atoms with Gasteiger partial charge in [-0.05, 0) is 24.3 Å². The number of nitrogens with one attached hydrogen (secondary N) is 2. The van der Waals surface area contributed by atoms with Crippen molar-refractivity contribution in [2.24, 2.45) is 10.7 Å². The van der Waals surface area contributed by atoms with E-state index in [0.29, 0.717) is 30.7 Å². The molecule has 0 aliphatic heterocycles. The Bertz CT molecular complexity index is 905. The molecule has 0 fully saturated rings. The van der Waals surface area contributed by atoms with Crippen LogP contribution in [0.4, 0.5) is 0 Å². The third kappa shape index (κ3) is 5.58. The topological polar surface area (TPSA) is 119 Å². The molecule has 142 valence electrons. The van der Waals surface area contributed by atoms with E-state index < -0.39 is 5.91 Å². The predicted octanol–water partition coefficient (Wildman–Crippen LogP) is 2.52. The van der Waals surface area contributed by atoms with Gasteiger partial charge < -0.3 is 25.2 Å². The first-order valence-electron chi connectivity index (χ1n) is 7.98. The molecule has 8 nitrogen and oxygen atoms in total. The molecular formula is C18H20IN5O3. The second-order valence-electron chi connectivity index (χ2n) is 5.42. The maximum atomic E-state index is 11.0. The Morgan fingerprint density at radius 3 is 2.56 bits per heavy atom. The van der Waals surface area contributed by atoms with E-state index in [1.54, 1.807) is 19.4 Å². The molecule has 0 spiro atoms. The van der Waals surface area contributed by atoms with E-state index in [-0.39, 0.29) is 29.7 Å². The maximum absolute atomic E-state index is 11.0. The highest BCUT2D eigenvalue weighted by Crippen LogP contribution is 2.17. The van der Waals surface area contributed by atoms with E-state index in [9.17, 15) is 4.79 Å².